The number of likely N-dealkylation sites (N-methyl/N-ethyl adjacent to an activating group) is 1. The van der Waals surface area contributed by atoms with Crippen LogP contribution in [-0.4, -0.2) is 40.4 Å². The zero-order valence-electron chi connectivity index (χ0n) is 8.23. The molecule has 1 rings (SSSR count). The summed E-state index contributed by atoms with van der Waals surface area (Å²) in [5.41, 5.74) is 0.483. The number of carbonyl (C=O) groups is 2. The summed E-state index contributed by atoms with van der Waals surface area (Å²) in [4.78, 5) is 21.5. The molecular formula is C8H12N4O3. The molecule has 0 aliphatic rings. The van der Waals surface area contributed by atoms with E-state index < -0.39 is 5.97 Å². The number of hydrogen-bond acceptors (Lipinski definition) is 4. The molecule has 82 valence electrons. The highest BCUT2D eigenvalue weighted by molar-refractivity contribution is 5.91. The number of carbonyl (C=O) groups excluding carboxylic acids is 1. The van der Waals surface area contributed by atoms with Gasteiger partial charge in [0.1, 0.15) is 6.54 Å². The third-order valence-electron chi connectivity index (χ3n) is 1.55. The number of carboxylic acid groups (broad SMARTS) is 1. The molecule has 15 heavy (non-hydrogen) atoms. The molecule has 0 saturated heterocycles. The van der Waals surface area contributed by atoms with Crippen LogP contribution in [0.4, 0.5) is 5.69 Å². The van der Waals surface area contributed by atoms with E-state index in [0.717, 1.165) is 0 Å². The average Bonchev–Trinajstić information content (AvgIpc) is 2.51. The van der Waals surface area contributed by atoms with Gasteiger partial charge in [-0.05, 0) is 7.05 Å². The van der Waals surface area contributed by atoms with Gasteiger partial charge in [-0.1, -0.05) is 0 Å². The highest BCUT2D eigenvalue weighted by Gasteiger charge is 2.04. The minimum atomic E-state index is -0.980. The lowest BCUT2D eigenvalue weighted by Gasteiger charge is -2.00. The van der Waals surface area contributed by atoms with Crippen molar-refractivity contribution >= 4 is 17.6 Å². The fourth-order valence-electron chi connectivity index (χ4n) is 1.02. The zero-order valence-corrected chi connectivity index (χ0v) is 8.23. The van der Waals surface area contributed by atoms with Gasteiger partial charge < -0.3 is 15.7 Å². The number of hydrogen-bond donors (Lipinski definition) is 3. The van der Waals surface area contributed by atoms with E-state index in [1.807, 2.05) is 0 Å². The number of amides is 1. The maximum Gasteiger partial charge on any atom is 0.325 e. The molecule has 0 aromatic carbocycles. The fourth-order valence-corrected chi connectivity index (χ4v) is 1.02. The maximum atomic E-state index is 11.1. The molecule has 0 bridgehead atoms. The van der Waals surface area contributed by atoms with Crippen molar-refractivity contribution < 1.29 is 14.7 Å². The number of anilines is 1. The van der Waals surface area contributed by atoms with E-state index in [4.69, 9.17) is 5.11 Å². The van der Waals surface area contributed by atoms with E-state index in [1.54, 1.807) is 7.05 Å². The Morgan fingerprint density at radius 3 is 2.93 bits per heavy atom. The van der Waals surface area contributed by atoms with Gasteiger partial charge in [-0.2, -0.15) is 5.10 Å². The van der Waals surface area contributed by atoms with Crippen molar-refractivity contribution in [1.29, 1.82) is 0 Å². The molecular weight excluding hydrogens is 200 g/mol. The van der Waals surface area contributed by atoms with Crippen LogP contribution in [0.15, 0.2) is 12.4 Å². The molecule has 1 aromatic heterocycles. The summed E-state index contributed by atoms with van der Waals surface area (Å²) in [5.74, 6) is -1.18. The van der Waals surface area contributed by atoms with Crippen molar-refractivity contribution in [2.75, 3.05) is 18.9 Å². The predicted octanol–water partition coefficient (Wildman–Crippen LogP) is -0.874. The third kappa shape index (κ3) is 3.77. The van der Waals surface area contributed by atoms with Crippen LogP contribution in [0.1, 0.15) is 0 Å². The number of aliphatic carboxylic acids is 1. The highest BCUT2D eigenvalue weighted by atomic mass is 16.4. The minimum absolute atomic E-state index is 0.199. The predicted molar refractivity (Wildman–Crippen MR) is 52.4 cm³/mol. The Bertz CT molecular complexity index is 361. The van der Waals surface area contributed by atoms with Gasteiger partial charge in [-0.15, -0.1) is 0 Å². The van der Waals surface area contributed by atoms with E-state index in [1.165, 1.54) is 17.1 Å². The summed E-state index contributed by atoms with van der Waals surface area (Å²) in [6.45, 7) is -0.0218. The molecule has 7 nitrogen and oxygen atoms in total. The van der Waals surface area contributed by atoms with E-state index in [9.17, 15) is 9.59 Å². The first-order valence-corrected chi connectivity index (χ1v) is 4.30. The summed E-state index contributed by atoms with van der Waals surface area (Å²) in [6, 6.07) is 0. The topological polar surface area (TPSA) is 96.3 Å². The molecule has 0 saturated carbocycles. The maximum absolute atomic E-state index is 11.1. The Hall–Kier alpha value is -1.89. The molecule has 1 aromatic rings. The smallest absolute Gasteiger partial charge is 0.325 e. The molecule has 7 heteroatoms. The molecule has 0 atom stereocenters. The van der Waals surface area contributed by atoms with Gasteiger partial charge in [0.2, 0.25) is 5.91 Å². The molecule has 1 heterocycles. The lowest BCUT2D eigenvalue weighted by Crippen LogP contribution is -2.24. The normalized spacial score (nSPS) is 9.93. The Labute approximate surface area is 86.1 Å². The Balaban J connectivity index is 2.52. The second kappa shape index (κ2) is 5.11. The van der Waals surface area contributed by atoms with E-state index in [-0.39, 0.29) is 19.0 Å². The van der Waals surface area contributed by atoms with Crippen LogP contribution >= 0.6 is 0 Å². The fraction of sp³-hybridized carbons (Fsp3) is 0.375. The zero-order chi connectivity index (χ0) is 11.3. The van der Waals surface area contributed by atoms with Crippen LogP contribution in [0, 0.1) is 0 Å². The van der Waals surface area contributed by atoms with Gasteiger partial charge in [0.05, 0.1) is 18.4 Å². The summed E-state index contributed by atoms with van der Waals surface area (Å²) >= 11 is 0. The van der Waals surface area contributed by atoms with Crippen LogP contribution in [0.3, 0.4) is 0 Å². The standard InChI is InChI=1S/C8H12N4O3/c1-9-3-7(13)11-6-2-10-12(4-6)5-8(14)15/h2,4,9H,3,5H2,1H3,(H,11,13)(H,14,15). The Kier molecular flexibility index (Phi) is 3.81. The first kappa shape index (κ1) is 11.2. The minimum Gasteiger partial charge on any atom is -0.480 e. The van der Waals surface area contributed by atoms with Crippen LogP contribution in [0.5, 0.6) is 0 Å². The number of carboxylic acids is 1. The second-order valence-corrected chi connectivity index (χ2v) is 2.90. The molecule has 1 amide bonds. The number of rotatable bonds is 5. The molecule has 0 aliphatic carbocycles. The van der Waals surface area contributed by atoms with Crippen molar-refractivity contribution in [1.82, 2.24) is 15.1 Å². The van der Waals surface area contributed by atoms with Crippen LogP contribution in [-0.2, 0) is 16.1 Å². The lowest BCUT2D eigenvalue weighted by molar-refractivity contribution is -0.137. The van der Waals surface area contributed by atoms with E-state index in [0.29, 0.717) is 5.69 Å². The van der Waals surface area contributed by atoms with Crippen molar-refractivity contribution in [2.24, 2.45) is 0 Å². The summed E-state index contributed by atoms with van der Waals surface area (Å²) in [5, 5.41) is 17.5. The molecule has 0 spiro atoms. The number of aromatic nitrogens is 2. The molecule has 0 fully saturated rings. The van der Waals surface area contributed by atoms with Crippen molar-refractivity contribution in [3.05, 3.63) is 12.4 Å². The SMILES string of the molecule is CNCC(=O)Nc1cnn(CC(=O)O)c1. The summed E-state index contributed by atoms with van der Waals surface area (Å²) in [7, 11) is 1.66. The van der Waals surface area contributed by atoms with Gasteiger partial charge in [0.25, 0.3) is 0 Å². The van der Waals surface area contributed by atoms with Gasteiger partial charge in [-0.3, -0.25) is 14.3 Å². The van der Waals surface area contributed by atoms with Gasteiger partial charge >= 0.3 is 5.97 Å². The van der Waals surface area contributed by atoms with Crippen molar-refractivity contribution in [2.45, 2.75) is 6.54 Å². The first-order chi connectivity index (χ1) is 7.11. The van der Waals surface area contributed by atoms with Gasteiger partial charge in [-0.25, -0.2) is 0 Å². The van der Waals surface area contributed by atoms with E-state index >= 15 is 0 Å². The van der Waals surface area contributed by atoms with E-state index in [2.05, 4.69) is 15.7 Å². The second-order valence-electron chi connectivity index (χ2n) is 2.90. The lowest BCUT2D eigenvalue weighted by atomic mass is 10.5. The summed E-state index contributed by atoms with van der Waals surface area (Å²) in [6.07, 6.45) is 2.86. The molecule has 0 radical (unpaired) electrons. The summed E-state index contributed by atoms with van der Waals surface area (Å²) < 4.78 is 1.23. The van der Waals surface area contributed by atoms with Crippen molar-refractivity contribution in [3.8, 4) is 0 Å². The quantitative estimate of drug-likeness (QED) is 0.589. The monoisotopic (exact) mass is 212 g/mol. The average molecular weight is 212 g/mol. The van der Waals surface area contributed by atoms with Gasteiger partial charge in [0.15, 0.2) is 0 Å². The van der Waals surface area contributed by atoms with Gasteiger partial charge in [0, 0.05) is 6.20 Å². The van der Waals surface area contributed by atoms with Crippen molar-refractivity contribution in [3.63, 3.8) is 0 Å². The van der Waals surface area contributed by atoms with Crippen LogP contribution in [0.2, 0.25) is 0 Å². The van der Waals surface area contributed by atoms with Crippen LogP contribution in [0.25, 0.3) is 0 Å². The number of nitrogens with one attached hydrogen (secondary N) is 2. The number of nitrogens with zero attached hydrogens (tertiary/aromatic N) is 2. The first-order valence-electron chi connectivity index (χ1n) is 4.30. The Morgan fingerprint density at radius 1 is 1.60 bits per heavy atom. The molecule has 0 aliphatic heterocycles. The van der Waals surface area contributed by atoms with Crippen LogP contribution < -0.4 is 10.6 Å². The molecule has 0 unspecified atom stereocenters. The molecule has 3 N–H and O–H groups in total. The largest absolute Gasteiger partial charge is 0.480 e. The Morgan fingerprint density at radius 2 is 2.33 bits per heavy atom. The third-order valence-corrected chi connectivity index (χ3v) is 1.55. The highest BCUT2D eigenvalue weighted by Crippen LogP contribution is 2.03.